The smallest absolute Gasteiger partial charge is 0.119 e. The molecule has 0 atom stereocenters. The lowest BCUT2D eigenvalue weighted by molar-refractivity contribution is 0.0225. The van der Waals surface area contributed by atoms with Crippen LogP contribution in [0.1, 0.15) is 25.7 Å². The van der Waals surface area contributed by atoms with Crippen molar-refractivity contribution in [2.24, 2.45) is 5.16 Å². The van der Waals surface area contributed by atoms with Crippen molar-refractivity contribution >= 4 is 21.6 Å². The standard InChI is InChI=1S/C14H18BrNO3/c15-11-1-5-13(6-2-11)18-9-10-19-14-7-3-12(16-17)4-8-14/h1-2,5-6,14,17H,3-4,7-10H2. The van der Waals surface area contributed by atoms with Crippen molar-refractivity contribution in [1.82, 2.24) is 0 Å². The minimum Gasteiger partial charge on any atom is -0.491 e. The molecule has 5 heteroatoms. The van der Waals surface area contributed by atoms with Crippen molar-refractivity contribution in [2.75, 3.05) is 13.2 Å². The minimum atomic E-state index is 0.263. The van der Waals surface area contributed by atoms with E-state index in [2.05, 4.69) is 21.1 Å². The van der Waals surface area contributed by atoms with Gasteiger partial charge in [0.25, 0.3) is 0 Å². The van der Waals surface area contributed by atoms with Crippen LogP contribution >= 0.6 is 15.9 Å². The van der Waals surface area contributed by atoms with Gasteiger partial charge in [0.15, 0.2) is 0 Å². The Morgan fingerprint density at radius 2 is 1.84 bits per heavy atom. The van der Waals surface area contributed by atoms with Crippen molar-refractivity contribution in [3.05, 3.63) is 28.7 Å². The van der Waals surface area contributed by atoms with Gasteiger partial charge in [0, 0.05) is 4.47 Å². The SMILES string of the molecule is ON=C1CCC(OCCOc2ccc(Br)cc2)CC1. The first-order valence-corrected chi connectivity index (χ1v) is 7.27. The third kappa shape index (κ3) is 4.84. The molecule has 1 aromatic rings. The van der Waals surface area contributed by atoms with Crippen LogP contribution in [0.25, 0.3) is 0 Å². The summed E-state index contributed by atoms with van der Waals surface area (Å²) in [5.41, 5.74) is 0.881. The first kappa shape index (κ1) is 14.3. The van der Waals surface area contributed by atoms with Gasteiger partial charge in [0.05, 0.1) is 18.4 Å². The fraction of sp³-hybridized carbons (Fsp3) is 0.500. The zero-order valence-corrected chi connectivity index (χ0v) is 12.3. The molecule has 0 radical (unpaired) electrons. The lowest BCUT2D eigenvalue weighted by atomic mass is 9.96. The molecule has 1 aliphatic rings. The van der Waals surface area contributed by atoms with Crippen LogP contribution in [0.5, 0.6) is 5.75 Å². The maximum absolute atomic E-state index is 8.66. The van der Waals surface area contributed by atoms with E-state index < -0.39 is 0 Å². The molecular weight excluding hydrogens is 310 g/mol. The average molecular weight is 328 g/mol. The van der Waals surface area contributed by atoms with Crippen LogP contribution in [0.3, 0.4) is 0 Å². The number of nitrogens with zero attached hydrogens (tertiary/aromatic N) is 1. The van der Waals surface area contributed by atoms with E-state index >= 15 is 0 Å². The van der Waals surface area contributed by atoms with E-state index in [4.69, 9.17) is 14.7 Å². The van der Waals surface area contributed by atoms with Crippen LogP contribution in [0.4, 0.5) is 0 Å². The number of hydrogen-bond donors (Lipinski definition) is 1. The first-order valence-electron chi connectivity index (χ1n) is 6.47. The van der Waals surface area contributed by atoms with Crippen LogP contribution in [-0.2, 0) is 4.74 Å². The van der Waals surface area contributed by atoms with Crippen molar-refractivity contribution < 1.29 is 14.7 Å². The maximum atomic E-state index is 8.66. The predicted molar refractivity (Wildman–Crippen MR) is 77.1 cm³/mol. The summed E-state index contributed by atoms with van der Waals surface area (Å²) in [5.74, 6) is 0.852. The number of halogens is 1. The summed E-state index contributed by atoms with van der Waals surface area (Å²) in [4.78, 5) is 0. The van der Waals surface area contributed by atoms with Gasteiger partial charge >= 0.3 is 0 Å². The first-order chi connectivity index (χ1) is 9.28. The molecule has 0 spiro atoms. The molecular formula is C14H18BrNO3. The molecule has 1 N–H and O–H groups in total. The van der Waals surface area contributed by atoms with E-state index in [1.165, 1.54) is 0 Å². The average Bonchev–Trinajstić information content (AvgIpc) is 2.46. The van der Waals surface area contributed by atoms with Gasteiger partial charge < -0.3 is 14.7 Å². The topological polar surface area (TPSA) is 51.1 Å². The quantitative estimate of drug-likeness (QED) is 0.510. The van der Waals surface area contributed by atoms with Gasteiger partial charge in [-0.15, -0.1) is 0 Å². The Morgan fingerprint density at radius 3 is 2.47 bits per heavy atom. The molecule has 2 rings (SSSR count). The van der Waals surface area contributed by atoms with Crippen LogP contribution in [-0.4, -0.2) is 30.2 Å². The maximum Gasteiger partial charge on any atom is 0.119 e. The summed E-state index contributed by atoms with van der Waals surface area (Å²) in [7, 11) is 0. The van der Waals surface area contributed by atoms with Gasteiger partial charge in [0.1, 0.15) is 12.4 Å². The zero-order chi connectivity index (χ0) is 13.5. The molecule has 1 fully saturated rings. The van der Waals surface area contributed by atoms with E-state index in [0.29, 0.717) is 13.2 Å². The summed E-state index contributed by atoms with van der Waals surface area (Å²) >= 11 is 3.38. The van der Waals surface area contributed by atoms with Gasteiger partial charge in [-0.05, 0) is 49.9 Å². The monoisotopic (exact) mass is 327 g/mol. The van der Waals surface area contributed by atoms with Gasteiger partial charge in [0.2, 0.25) is 0 Å². The van der Waals surface area contributed by atoms with E-state index in [1.807, 2.05) is 24.3 Å². The van der Waals surface area contributed by atoms with Crippen LogP contribution < -0.4 is 4.74 Å². The van der Waals surface area contributed by atoms with Gasteiger partial charge in [-0.25, -0.2) is 0 Å². The highest BCUT2D eigenvalue weighted by atomic mass is 79.9. The third-order valence-electron chi connectivity index (χ3n) is 3.17. The van der Waals surface area contributed by atoms with E-state index in [1.54, 1.807) is 0 Å². The van der Waals surface area contributed by atoms with Crippen molar-refractivity contribution in [1.29, 1.82) is 0 Å². The molecule has 4 nitrogen and oxygen atoms in total. The second-order valence-corrected chi connectivity index (χ2v) is 5.45. The van der Waals surface area contributed by atoms with Crippen molar-refractivity contribution in [3.63, 3.8) is 0 Å². The van der Waals surface area contributed by atoms with Crippen molar-refractivity contribution in [3.8, 4) is 5.75 Å². The van der Waals surface area contributed by atoms with Gasteiger partial charge in [-0.2, -0.15) is 0 Å². The number of hydrogen-bond acceptors (Lipinski definition) is 4. The highest BCUT2D eigenvalue weighted by Gasteiger charge is 2.18. The number of rotatable bonds is 5. The number of benzene rings is 1. The molecule has 0 aromatic heterocycles. The summed E-state index contributed by atoms with van der Waals surface area (Å²) in [6.07, 6.45) is 3.78. The van der Waals surface area contributed by atoms with Gasteiger partial charge in [-0.1, -0.05) is 21.1 Å². The van der Waals surface area contributed by atoms with Crippen LogP contribution in [0, 0.1) is 0 Å². The lowest BCUT2D eigenvalue weighted by Gasteiger charge is -2.22. The second kappa shape index (κ2) is 7.50. The Balaban J connectivity index is 1.61. The molecule has 0 unspecified atom stereocenters. The van der Waals surface area contributed by atoms with Crippen LogP contribution in [0.2, 0.25) is 0 Å². The highest BCUT2D eigenvalue weighted by Crippen LogP contribution is 2.19. The molecule has 104 valence electrons. The minimum absolute atomic E-state index is 0.263. The largest absolute Gasteiger partial charge is 0.491 e. The predicted octanol–water partition coefficient (Wildman–Crippen LogP) is 3.62. The van der Waals surface area contributed by atoms with E-state index in [-0.39, 0.29) is 6.10 Å². The fourth-order valence-electron chi connectivity index (χ4n) is 2.10. The van der Waals surface area contributed by atoms with Crippen LogP contribution in [0.15, 0.2) is 33.9 Å². The van der Waals surface area contributed by atoms with Gasteiger partial charge in [-0.3, -0.25) is 0 Å². The van der Waals surface area contributed by atoms with E-state index in [0.717, 1.165) is 41.6 Å². The Kier molecular flexibility index (Phi) is 5.66. The molecule has 0 saturated heterocycles. The third-order valence-corrected chi connectivity index (χ3v) is 3.70. The van der Waals surface area contributed by atoms with Crippen molar-refractivity contribution in [2.45, 2.75) is 31.8 Å². The summed E-state index contributed by atoms with van der Waals surface area (Å²) < 4.78 is 12.4. The molecule has 0 bridgehead atoms. The zero-order valence-electron chi connectivity index (χ0n) is 10.7. The molecule has 0 aliphatic heterocycles. The molecule has 1 aromatic carbocycles. The Morgan fingerprint density at radius 1 is 1.16 bits per heavy atom. The number of ether oxygens (including phenoxy) is 2. The highest BCUT2D eigenvalue weighted by molar-refractivity contribution is 9.10. The molecule has 1 saturated carbocycles. The molecule has 0 amide bonds. The number of oxime groups is 1. The Bertz CT molecular complexity index is 409. The normalized spacial score (nSPS) is 19.2. The Labute approximate surface area is 121 Å². The summed E-state index contributed by atoms with van der Waals surface area (Å²) in [5, 5.41) is 11.9. The Hall–Kier alpha value is -1.07. The fourth-order valence-corrected chi connectivity index (χ4v) is 2.36. The van der Waals surface area contributed by atoms with E-state index in [9.17, 15) is 0 Å². The lowest BCUT2D eigenvalue weighted by Crippen LogP contribution is -2.23. The second-order valence-electron chi connectivity index (χ2n) is 4.54. The summed E-state index contributed by atoms with van der Waals surface area (Å²) in [6.45, 7) is 1.14. The molecule has 1 aliphatic carbocycles. The molecule has 19 heavy (non-hydrogen) atoms. The summed E-state index contributed by atoms with van der Waals surface area (Å²) in [6, 6.07) is 7.75. The molecule has 0 heterocycles.